The molecule has 0 saturated heterocycles. The lowest BCUT2D eigenvalue weighted by Crippen LogP contribution is -2.15. The summed E-state index contributed by atoms with van der Waals surface area (Å²) in [6.45, 7) is 5.28. The number of rotatable bonds is 6. The summed E-state index contributed by atoms with van der Waals surface area (Å²) in [7, 11) is 0. The molecule has 0 amide bonds. The minimum atomic E-state index is 0.884. The van der Waals surface area contributed by atoms with Crippen LogP contribution in [0.25, 0.3) is 0 Å². The second-order valence-electron chi connectivity index (χ2n) is 3.61. The molecule has 2 nitrogen and oxygen atoms in total. The fourth-order valence-corrected chi connectivity index (χ4v) is 1.43. The van der Waals surface area contributed by atoms with Crippen LogP contribution in [0.2, 0.25) is 0 Å². The minimum Gasteiger partial charge on any atom is -0.501 e. The molecule has 0 fully saturated rings. The van der Waals surface area contributed by atoms with Crippen molar-refractivity contribution in [3.63, 3.8) is 0 Å². The Bertz CT molecular complexity index is 196. The van der Waals surface area contributed by atoms with Gasteiger partial charge in [-0.25, -0.2) is 0 Å². The largest absolute Gasteiger partial charge is 0.501 e. The predicted molar refractivity (Wildman–Crippen MR) is 60.2 cm³/mol. The molecular formula is C12H21NO. The first-order chi connectivity index (χ1) is 6.93. The molecule has 0 unspecified atom stereocenters. The van der Waals surface area contributed by atoms with Gasteiger partial charge in [0.15, 0.2) is 0 Å². The van der Waals surface area contributed by atoms with Gasteiger partial charge in [0.25, 0.3) is 0 Å². The quantitative estimate of drug-likeness (QED) is 0.658. The first kappa shape index (κ1) is 11.3. The van der Waals surface area contributed by atoms with Gasteiger partial charge in [-0.3, -0.25) is 0 Å². The fourth-order valence-electron chi connectivity index (χ4n) is 1.43. The second kappa shape index (κ2) is 7.63. The van der Waals surface area contributed by atoms with Gasteiger partial charge < -0.3 is 10.1 Å². The van der Waals surface area contributed by atoms with Crippen molar-refractivity contribution in [2.24, 2.45) is 0 Å². The van der Waals surface area contributed by atoms with Gasteiger partial charge in [0.2, 0.25) is 0 Å². The molecule has 0 saturated carbocycles. The van der Waals surface area contributed by atoms with Crippen molar-refractivity contribution in [2.45, 2.75) is 32.6 Å². The van der Waals surface area contributed by atoms with E-state index in [9.17, 15) is 0 Å². The maximum absolute atomic E-state index is 5.25. The summed E-state index contributed by atoms with van der Waals surface area (Å²) < 4.78 is 5.25. The molecule has 14 heavy (non-hydrogen) atoms. The lowest BCUT2D eigenvalue weighted by molar-refractivity contribution is 0.227. The maximum atomic E-state index is 5.25. The molecule has 1 aliphatic rings. The molecule has 1 heterocycles. The summed E-state index contributed by atoms with van der Waals surface area (Å²) in [6.07, 6.45) is 10.9. The second-order valence-corrected chi connectivity index (χ2v) is 3.61. The number of ether oxygens (including phenoxy) is 1. The van der Waals surface area contributed by atoms with E-state index in [1.807, 2.05) is 6.26 Å². The highest BCUT2D eigenvalue weighted by Gasteiger charge is 1.99. The third kappa shape index (κ3) is 5.07. The Balaban J connectivity index is 2.04. The van der Waals surface area contributed by atoms with Crippen LogP contribution in [-0.4, -0.2) is 19.7 Å². The van der Waals surface area contributed by atoms with Crippen molar-refractivity contribution in [2.75, 3.05) is 19.7 Å². The van der Waals surface area contributed by atoms with Gasteiger partial charge >= 0.3 is 0 Å². The zero-order valence-corrected chi connectivity index (χ0v) is 9.09. The van der Waals surface area contributed by atoms with Crippen molar-refractivity contribution < 1.29 is 4.74 Å². The zero-order chi connectivity index (χ0) is 10.1. The topological polar surface area (TPSA) is 21.3 Å². The first-order valence-electron chi connectivity index (χ1n) is 5.61. The minimum absolute atomic E-state index is 0.884. The Morgan fingerprint density at radius 3 is 3.14 bits per heavy atom. The normalized spacial score (nSPS) is 16.8. The van der Waals surface area contributed by atoms with Crippen LogP contribution in [0.4, 0.5) is 0 Å². The smallest absolute Gasteiger partial charge is 0.0876 e. The molecule has 1 N–H and O–H groups in total. The van der Waals surface area contributed by atoms with Crippen molar-refractivity contribution >= 4 is 0 Å². The average molecular weight is 195 g/mol. The summed E-state index contributed by atoms with van der Waals surface area (Å²) >= 11 is 0. The first-order valence-corrected chi connectivity index (χ1v) is 5.61. The molecule has 1 rings (SSSR count). The van der Waals surface area contributed by atoms with E-state index in [0.29, 0.717) is 0 Å². The molecule has 2 heteroatoms. The molecule has 0 radical (unpaired) electrons. The number of hydrogen-bond donors (Lipinski definition) is 1. The molecule has 1 aliphatic heterocycles. The van der Waals surface area contributed by atoms with Crippen molar-refractivity contribution in [3.05, 3.63) is 24.0 Å². The molecule has 0 aromatic carbocycles. The van der Waals surface area contributed by atoms with Crippen molar-refractivity contribution in [1.82, 2.24) is 5.32 Å². The predicted octanol–water partition coefficient (Wildman–Crippen LogP) is 2.63. The Hall–Kier alpha value is -0.760. The third-order valence-corrected chi connectivity index (χ3v) is 2.21. The van der Waals surface area contributed by atoms with Gasteiger partial charge in [-0.15, -0.1) is 0 Å². The standard InChI is InChI=1S/C12H21NO/c1-2-8-13-9-4-3-6-12-7-5-10-14-11-12/h3,6,11,13H,2,4-5,7-10H2,1H3/b6-3+. The summed E-state index contributed by atoms with van der Waals surface area (Å²) in [4.78, 5) is 0. The molecule has 0 aromatic heterocycles. The Kier molecular flexibility index (Phi) is 6.16. The van der Waals surface area contributed by atoms with Gasteiger partial charge in [0.05, 0.1) is 12.9 Å². The summed E-state index contributed by atoms with van der Waals surface area (Å²) in [5, 5.41) is 3.37. The van der Waals surface area contributed by atoms with E-state index in [1.54, 1.807) is 0 Å². The van der Waals surface area contributed by atoms with Gasteiger partial charge in [-0.2, -0.15) is 0 Å². The van der Waals surface area contributed by atoms with Crippen LogP contribution in [0.1, 0.15) is 32.6 Å². The van der Waals surface area contributed by atoms with Crippen molar-refractivity contribution in [1.29, 1.82) is 0 Å². The highest BCUT2D eigenvalue weighted by atomic mass is 16.5. The van der Waals surface area contributed by atoms with Crippen LogP contribution in [0.15, 0.2) is 24.0 Å². The van der Waals surface area contributed by atoms with E-state index < -0.39 is 0 Å². The SMILES string of the molecule is CCCNCC/C=C/C1=COCCC1. The lowest BCUT2D eigenvalue weighted by atomic mass is 10.1. The Morgan fingerprint density at radius 1 is 1.50 bits per heavy atom. The monoisotopic (exact) mass is 195 g/mol. The number of allylic oxidation sites excluding steroid dienone is 2. The molecule has 0 spiro atoms. The summed E-state index contributed by atoms with van der Waals surface area (Å²) in [6, 6.07) is 0. The molecule has 80 valence electrons. The van der Waals surface area contributed by atoms with Crippen LogP contribution in [0, 0.1) is 0 Å². The van der Waals surface area contributed by atoms with Crippen LogP contribution < -0.4 is 5.32 Å². The molecular weight excluding hydrogens is 174 g/mol. The van der Waals surface area contributed by atoms with E-state index in [0.717, 1.165) is 32.5 Å². The van der Waals surface area contributed by atoms with E-state index in [2.05, 4.69) is 24.4 Å². The fraction of sp³-hybridized carbons (Fsp3) is 0.667. The van der Waals surface area contributed by atoms with E-state index in [1.165, 1.54) is 18.4 Å². The zero-order valence-electron chi connectivity index (χ0n) is 9.09. The molecule has 0 atom stereocenters. The number of nitrogens with one attached hydrogen (secondary N) is 1. The molecule has 0 aliphatic carbocycles. The summed E-state index contributed by atoms with van der Waals surface area (Å²) in [5.41, 5.74) is 1.33. The van der Waals surface area contributed by atoms with Crippen LogP contribution >= 0.6 is 0 Å². The molecule has 0 bridgehead atoms. The lowest BCUT2D eigenvalue weighted by Gasteiger charge is -2.09. The van der Waals surface area contributed by atoms with Gasteiger partial charge in [-0.05, 0) is 44.3 Å². The van der Waals surface area contributed by atoms with Gasteiger partial charge in [-0.1, -0.05) is 19.1 Å². The average Bonchev–Trinajstić information content (AvgIpc) is 2.25. The van der Waals surface area contributed by atoms with Gasteiger partial charge in [0.1, 0.15) is 0 Å². The number of hydrogen-bond acceptors (Lipinski definition) is 2. The highest BCUT2D eigenvalue weighted by Crippen LogP contribution is 2.12. The van der Waals surface area contributed by atoms with Crippen LogP contribution in [-0.2, 0) is 4.74 Å². The Labute approximate surface area is 87.0 Å². The van der Waals surface area contributed by atoms with Crippen LogP contribution in [0.3, 0.4) is 0 Å². The molecule has 0 aromatic rings. The van der Waals surface area contributed by atoms with Gasteiger partial charge in [0, 0.05) is 0 Å². The van der Waals surface area contributed by atoms with Crippen molar-refractivity contribution in [3.8, 4) is 0 Å². The maximum Gasteiger partial charge on any atom is 0.0876 e. The Morgan fingerprint density at radius 2 is 2.43 bits per heavy atom. The van der Waals surface area contributed by atoms with E-state index >= 15 is 0 Å². The highest BCUT2D eigenvalue weighted by molar-refractivity contribution is 5.17. The van der Waals surface area contributed by atoms with E-state index in [-0.39, 0.29) is 0 Å². The summed E-state index contributed by atoms with van der Waals surface area (Å²) in [5.74, 6) is 0. The van der Waals surface area contributed by atoms with E-state index in [4.69, 9.17) is 4.74 Å². The third-order valence-electron chi connectivity index (χ3n) is 2.21. The van der Waals surface area contributed by atoms with Crippen LogP contribution in [0.5, 0.6) is 0 Å².